The zero-order chi connectivity index (χ0) is 18.9. The van der Waals surface area contributed by atoms with Crippen LogP contribution in [0.15, 0.2) is 41.3 Å². The Bertz CT molecular complexity index is 952. The van der Waals surface area contributed by atoms with E-state index in [-0.39, 0.29) is 11.4 Å². The monoisotopic (exact) mass is 375 g/mol. The van der Waals surface area contributed by atoms with Crippen molar-refractivity contribution in [3.8, 4) is 5.75 Å². The average Bonchev–Trinajstić information content (AvgIpc) is 2.54. The summed E-state index contributed by atoms with van der Waals surface area (Å²) in [5, 5.41) is 19.0. The van der Waals surface area contributed by atoms with Gasteiger partial charge >= 0.3 is 5.97 Å². The van der Waals surface area contributed by atoms with Gasteiger partial charge in [-0.3, -0.25) is 0 Å². The van der Waals surface area contributed by atoms with E-state index in [1.54, 1.807) is 6.92 Å². The van der Waals surface area contributed by atoms with Gasteiger partial charge in [0.1, 0.15) is 11.3 Å². The molecule has 3 rings (SSSR count). The Labute approximate surface area is 152 Å². The fourth-order valence-electron chi connectivity index (χ4n) is 3.29. The van der Waals surface area contributed by atoms with Crippen molar-refractivity contribution in [2.24, 2.45) is 0 Å². The third-order valence-electron chi connectivity index (χ3n) is 4.71. The van der Waals surface area contributed by atoms with Crippen LogP contribution in [0.5, 0.6) is 5.75 Å². The summed E-state index contributed by atoms with van der Waals surface area (Å²) in [6.07, 6.45) is 2.54. The Hall–Kier alpha value is -2.38. The number of sulfonamides is 1. The van der Waals surface area contributed by atoms with Gasteiger partial charge in [0.25, 0.3) is 0 Å². The van der Waals surface area contributed by atoms with Crippen LogP contribution in [-0.2, 0) is 23.0 Å². The first-order valence-corrected chi connectivity index (χ1v) is 9.88. The zero-order valence-corrected chi connectivity index (χ0v) is 15.3. The first-order valence-electron chi connectivity index (χ1n) is 8.44. The fourth-order valence-corrected chi connectivity index (χ4v) is 4.98. The van der Waals surface area contributed by atoms with Gasteiger partial charge < -0.3 is 10.2 Å². The van der Waals surface area contributed by atoms with Gasteiger partial charge in [0.2, 0.25) is 10.0 Å². The second-order valence-corrected chi connectivity index (χ2v) is 8.41. The minimum atomic E-state index is -3.89. The number of phenols is 1. The fraction of sp³-hybridized carbons (Fsp3) is 0.316. The molecule has 0 fully saturated rings. The normalized spacial score (nSPS) is 15.7. The molecule has 2 N–H and O–H groups in total. The van der Waals surface area contributed by atoms with E-state index in [4.69, 9.17) is 0 Å². The van der Waals surface area contributed by atoms with E-state index in [1.807, 2.05) is 24.3 Å². The molecule has 1 aliphatic heterocycles. The molecule has 0 radical (unpaired) electrons. The molecule has 6 nitrogen and oxygen atoms in total. The number of carbonyl (C=O) groups is 1. The minimum absolute atomic E-state index is 0.0780. The van der Waals surface area contributed by atoms with Gasteiger partial charge in [-0.25, -0.2) is 13.2 Å². The predicted molar refractivity (Wildman–Crippen MR) is 96.8 cm³/mol. The highest BCUT2D eigenvalue weighted by molar-refractivity contribution is 7.89. The van der Waals surface area contributed by atoms with E-state index < -0.39 is 27.3 Å². The molecule has 0 saturated carbocycles. The molecule has 7 heteroatoms. The molecule has 1 aliphatic rings. The highest BCUT2D eigenvalue weighted by atomic mass is 32.2. The number of benzene rings is 2. The third kappa shape index (κ3) is 3.45. The zero-order valence-electron chi connectivity index (χ0n) is 14.5. The van der Waals surface area contributed by atoms with Gasteiger partial charge in [-0.15, -0.1) is 0 Å². The molecule has 26 heavy (non-hydrogen) atoms. The first kappa shape index (κ1) is 18.4. The van der Waals surface area contributed by atoms with E-state index in [0.29, 0.717) is 12.1 Å². The Morgan fingerprint density at radius 1 is 1.12 bits per heavy atom. The molecule has 1 heterocycles. The van der Waals surface area contributed by atoms with Crippen molar-refractivity contribution < 1.29 is 23.4 Å². The first-order chi connectivity index (χ1) is 12.3. The van der Waals surface area contributed by atoms with Gasteiger partial charge in [0, 0.05) is 13.1 Å². The van der Waals surface area contributed by atoms with Crippen molar-refractivity contribution in [1.29, 1.82) is 0 Å². The summed E-state index contributed by atoms with van der Waals surface area (Å²) in [7, 11) is -3.89. The molecule has 2 aromatic rings. The van der Waals surface area contributed by atoms with Crippen molar-refractivity contribution in [1.82, 2.24) is 4.31 Å². The minimum Gasteiger partial charge on any atom is -0.507 e. The maximum Gasteiger partial charge on any atom is 0.339 e. The van der Waals surface area contributed by atoms with Gasteiger partial charge in [-0.1, -0.05) is 24.3 Å². The number of carboxylic acids is 1. The number of rotatable bonds is 3. The van der Waals surface area contributed by atoms with Crippen LogP contribution in [0.2, 0.25) is 0 Å². The van der Waals surface area contributed by atoms with Crippen LogP contribution in [0.3, 0.4) is 0 Å². The Kier molecular flexibility index (Phi) is 5.02. The lowest BCUT2D eigenvalue weighted by Crippen LogP contribution is -2.33. The molecule has 0 amide bonds. The van der Waals surface area contributed by atoms with Crippen molar-refractivity contribution in [2.75, 3.05) is 6.54 Å². The number of aryl methyl sites for hydroxylation is 2. The van der Waals surface area contributed by atoms with Crippen LogP contribution in [0.4, 0.5) is 0 Å². The largest absolute Gasteiger partial charge is 0.507 e. The molecular formula is C19H21NO5S. The third-order valence-corrected chi connectivity index (χ3v) is 6.70. The standard InChI is InChI=1S/C19H21NO5S/c1-13-10-17(21)16(19(22)23)11-18(13)26(24,25)20-9-5-4-7-14-6-2-3-8-15(14)12-20/h2-3,6,8,10-11,21H,4-5,7,9,12H2,1H3,(H,22,23). The van der Waals surface area contributed by atoms with E-state index in [0.717, 1.165) is 36.5 Å². The second kappa shape index (κ2) is 7.09. The predicted octanol–water partition coefficient (Wildman–Crippen LogP) is 2.93. The molecule has 2 aromatic carbocycles. The van der Waals surface area contributed by atoms with Gasteiger partial charge in [0.15, 0.2) is 0 Å². The number of hydrogen-bond acceptors (Lipinski definition) is 4. The molecule has 0 saturated heterocycles. The lowest BCUT2D eigenvalue weighted by Gasteiger charge is -2.26. The van der Waals surface area contributed by atoms with E-state index >= 15 is 0 Å². The molecule has 0 bridgehead atoms. The molecule has 0 aromatic heterocycles. The number of nitrogens with zero attached hydrogens (tertiary/aromatic N) is 1. The summed E-state index contributed by atoms with van der Waals surface area (Å²) in [5.74, 6) is -1.80. The van der Waals surface area contributed by atoms with Crippen molar-refractivity contribution in [2.45, 2.75) is 37.6 Å². The summed E-state index contributed by atoms with van der Waals surface area (Å²) in [5.41, 5.74) is 2.01. The van der Waals surface area contributed by atoms with Crippen LogP contribution in [0.1, 0.15) is 39.9 Å². The number of carboxylic acid groups (broad SMARTS) is 1. The smallest absolute Gasteiger partial charge is 0.339 e. The van der Waals surface area contributed by atoms with E-state index in [1.165, 1.54) is 10.4 Å². The lowest BCUT2D eigenvalue weighted by molar-refractivity contribution is 0.0693. The van der Waals surface area contributed by atoms with Crippen molar-refractivity contribution >= 4 is 16.0 Å². The Morgan fingerprint density at radius 3 is 2.50 bits per heavy atom. The summed E-state index contributed by atoms with van der Waals surface area (Å²) < 4.78 is 27.8. The number of aromatic hydroxyl groups is 1. The topological polar surface area (TPSA) is 94.9 Å². The molecule has 0 atom stereocenters. The molecule has 0 unspecified atom stereocenters. The highest BCUT2D eigenvalue weighted by Crippen LogP contribution is 2.30. The quantitative estimate of drug-likeness (QED) is 0.860. The molecular weight excluding hydrogens is 354 g/mol. The number of fused-ring (bicyclic) bond motifs is 1. The number of aromatic carboxylic acids is 1. The van der Waals surface area contributed by atoms with Gasteiger partial charge in [0.05, 0.1) is 4.90 Å². The Morgan fingerprint density at radius 2 is 1.81 bits per heavy atom. The van der Waals surface area contributed by atoms with Crippen LogP contribution >= 0.6 is 0 Å². The highest BCUT2D eigenvalue weighted by Gasteiger charge is 2.29. The average molecular weight is 375 g/mol. The van der Waals surface area contributed by atoms with Crippen LogP contribution in [0.25, 0.3) is 0 Å². The van der Waals surface area contributed by atoms with Crippen LogP contribution in [-0.4, -0.2) is 35.5 Å². The van der Waals surface area contributed by atoms with Crippen molar-refractivity contribution in [3.05, 3.63) is 58.7 Å². The van der Waals surface area contributed by atoms with E-state index in [2.05, 4.69) is 0 Å². The summed E-state index contributed by atoms with van der Waals surface area (Å²) in [4.78, 5) is 11.2. The summed E-state index contributed by atoms with van der Waals surface area (Å²) >= 11 is 0. The van der Waals surface area contributed by atoms with Crippen LogP contribution in [0, 0.1) is 6.92 Å². The summed E-state index contributed by atoms with van der Waals surface area (Å²) in [6, 6.07) is 10.0. The van der Waals surface area contributed by atoms with Crippen molar-refractivity contribution in [3.63, 3.8) is 0 Å². The second-order valence-electron chi connectivity index (χ2n) is 6.50. The summed E-state index contributed by atoms with van der Waals surface area (Å²) in [6.45, 7) is 2.18. The Balaban J connectivity index is 2.06. The SMILES string of the molecule is Cc1cc(O)c(C(=O)O)cc1S(=O)(=O)N1CCCCc2ccccc2C1. The molecule has 0 aliphatic carbocycles. The van der Waals surface area contributed by atoms with E-state index in [9.17, 15) is 23.4 Å². The maximum atomic E-state index is 13.2. The van der Waals surface area contributed by atoms with Gasteiger partial charge in [-0.2, -0.15) is 4.31 Å². The van der Waals surface area contributed by atoms with Gasteiger partial charge in [-0.05, 0) is 55.0 Å². The maximum absolute atomic E-state index is 13.2. The van der Waals surface area contributed by atoms with Crippen LogP contribution < -0.4 is 0 Å². The molecule has 138 valence electrons. The molecule has 0 spiro atoms. The number of hydrogen-bond donors (Lipinski definition) is 2. The lowest BCUT2D eigenvalue weighted by atomic mass is 10.0.